The molecule has 0 amide bonds. The maximum Gasteiger partial charge on any atom is 0.252 e. The lowest BCUT2D eigenvalue weighted by atomic mass is 10.3. The van der Waals surface area contributed by atoms with Gasteiger partial charge in [0.05, 0.1) is 5.88 Å². The highest BCUT2D eigenvalue weighted by atomic mass is 35.5. The summed E-state index contributed by atoms with van der Waals surface area (Å²) in [5.41, 5.74) is 0. The maximum absolute atomic E-state index is 12.3. The minimum atomic E-state index is -3.33. The Morgan fingerprint density at radius 2 is 2.29 bits per heavy atom. The van der Waals surface area contributed by atoms with Gasteiger partial charge in [-0.25, -0.2) is 8.42 Å². The second-order valence-corrected chi connectivity index (χ2v) is 8.70. The lowest BCUT2D eigenvalue weighted by Gasteiger charge is -2.22. The third-order valence-electron chi connectivity index (χ3n) is 2.82. The molecular formula is C10H14ClNO2S3. The van der Waals surface area contributed by atoms with Crippen molar-refractivity contribution >= 4 is 44.7 Å². The van der Waals surface area contributed by atoms with Crippen molar-refractivity contribution in [1.29, 1.82) is 0 Å². The zero-order valence-electron chi connectivity index (χ0n) is 9.43. The van der Waals surface area contributed by atoms with Crippen LogP contribution in [0.2, 0.25) is 0 Å². The van der Waals surface area contributed by atoms with Gasteiger partial charge in [-0.2, -0.15) is 16.1 Å². The van der Waals surface area contributed by atoms with Crippen LogP contribution in [0, 0.1) is 0 Å². The predicted octanol–water partition coefficient (Wildman–Crippen LogP) is 2.61. The van der Waals surface area contributed by atoms with E-state index >= 15 is 0 Å². The van der Waals surface area contributed by atoms with Gasteiger partial charge in [-0.3, -0.25) is 0 Å². The van der Waals surface area contributed by atoms with E-state index in [4.69, 9.17) is 11.6 Å². The van der Waals surface area contributed by atoms with Crippen molar-refractivity contribution in [3.63, 3.8) is 0 Å². The Labute approximate surface area is 115 Å². The summed E-state index contributed by atoms with van der Waals surface area (Å²) in [5.74, 6) is 2.30. The second kappa shape index (κ2) is 5.48. The fourth-order valence-electron chi connectivity index (χ4n) is 1.72. The zero-order chi connectivity index (χ0) is 12.5. The highest BCUT2D eigenvalue weighted by molar-refractivity contribution is 7.99. The number of hydrogen-bond acceptors (Lipinski definition) is 4. The largest absolute Gasteiger partial charge is 0.252 e. The normalized spacial score (nSPS) is 21.2. The van der Waals surface area contributed by atoms with Crippen molar-refractivity contribution < 1.29 is 8.42 Å². The number of hydrogen-bond donors (Lipinski definition) is 0. The molecule has 0 aliphatic carbocycles. The Kier molecular flexibility index (Phi) is 4.41. The number of thioether (sulfide) groups is 1. The molecule has 0 radical (unpaired) electrons. The number of thiophene rings is 1. The van der Waals surface area contributed by atoms with Gasteiger partial charge in [0.25, 0.3) is 10.0 Å². The fourth-order valence-corrected chi connectivity index (χ4v) is 6.11. The van der Waals surface area contributed by atoms with E-state index in [9.17, 15) is 8.42 Å². The van der Waals surface area contributed by atoms with Gasteiger partial charge in [-0.15, -0.1) is 22.9 Å². The van der Waals surface area contributed by atoms with Gasteiger partial charge >= 0.3 is 0 Å². The summed E-state index contributed by atoms with van der Waals surface area (Å²) in [6.07, 6.45) is 0.939. The Morgan fingerprint density at radius 3 is 2.82 bits per heavy atom. The van der Waals surface area contributed by atoms with E-state index in [1.165, 1.54) is 15.6 Å². The quantitative estimate of drug-likeness (QED) is 0.802. The molecule has 2 heterocycles. The summed E-state index contributed by atoms with van der Waals surface area (Å²) >= 11 is 8.76. The van der Waals surface area contributed by atoms with Crippen molar-refractivity contribution in [3.8, 4) is 0 Å². The molecule has 1 atom stereocenters. The molecule has 3 nitrogen and oxygen atoms in total. The first-order valence-electron chi connectivity index (χ1n) is 5.26. The highest BCUT2D eigenvalue weighted by Gasteiger charge is 2.31. The molecule has 2 rings (SSSR count). The first-order chi connectivity index (χ1) is 8.05. The van der Waals surface area contributed by atoms with E-state index in [1.54, 1.807) is 19.2 Å². The predicted molar refractivity (Wildman–Crippen MR) is 74.6 cm³/mol. The summed E-state index contributed by atoms with van der Waals surface area (Å²) in [4.78, 5) is 0.888. The van der Waals surface area contributed by atoms with Crippen molar-refractivity contribution in [2.45, 2.75) is 22.6 Å². The summed E-state index contributed by atoms with van der Waals surface area (Å²) < 4.78 is 26.6. The van der Waals surface area contributed by atoms with Crippen LogP contribution < -0.4 is 0 Å². The second-order valence-electron chi connectivity index (χ2n) is 3.89. The maximum atomic E-state index is 12.3. The summed E-state index contributed by atoms with van der Waals surface area (Å²) in [6, 6.07) is 3.56. The van der Waals surface area contributed by atoms with Gasteiger partial charge in [0.15, 0.2) is 0 Å². The van der Waals surface area contributed by atoms with Crippen LogP contribution >= 0.6 is 34.7 Å². The Morgan fingerprint density at radius 1 is 1.53 bits per heavy atom. The van der Waals surface area contributed by atoms with Crippen LogP contribution in [0.4, 0.5) is 0 Å². The van der Waals surface area contributed by atoms with Crippen LogP contribution in [-0.4, -0.2) is 37.3 Å². The van der Waals surface area contributed by atoms with E-state index in [0.29, 0.717) is 10.1 Å². The smallest absolute Gasteiger partial charge is 0.206 e. The number of sulfonamides is 1. The minimum Gasteiger partial charge on any atom is -0.206 e. The molecule has 1 saturated heterocycles. The highest BCUT2D eigenvalue weighted by Crippen LogP contribution is 2.30. The van der Waals surface area contributed by atoms with Crippen molar-refractivity contribution in [2.75, 3.05) is 18.6 Å². The minimum absolute atomic E-state index is 0.131. The van der Waals surface area contributed by atoms with Crippen molar-refractivity contribution in [1.82, 2.24) is 4.31 Å². The molecule has 1 aliphatic rings. The van der Waals surface area contributed by atoms with Crippen LogP contribution in [-0.2, 0) is 15.9 Å². The van der Waals surface area contributed by atoms with Crippen LogP contribution in [0.3, 0.4) is 0 Å². The van der Waals surface area contributed by atoms with Crippen LogP contribution in [0.25, 0.3) is 0 Å². The lowest BCUT2D eigenvalue weighted by molar-refractivity contribution is 0.396. The number of alkyl halides is 1. The molecule has 7 heteroatoms. The molecular weight excluding hydrogens is 298 g/mol. The standard InChI is InChI=1S/C10H14ClNO2S3/c1-12(8-4-5-15-7-8)17(13,14)10-3-2-9(6-11)16-10/h2-3,8H,4-7H2,1H3. The fraction of sp³-hybridized carbons (Fsp3) is 0.600. The Bertz CT molecular complexity index is 479. The number of halogens is 1. The van der Waals surface area contributed by atoms with Crippen molar-refractivity contribution in [2.24, 2.45) is 0 Å². The average Bonchev–Trinajstić information content (AvgIpc) is 2.98. The van der Waals surface area contributed by atoms with Gasteiger partial charge in [0.1, 0.15) is 4.21 Å². The molecule has 0 N–H and O–H groups in total. The van der Waals surface area contributed by atoms with E-state index in [0.717, 1.165) is 22.8 Å². The summed E-state index contributed by atoms with van der Waals surface area (Å²) in [6.45, 7) is 0. The Balaban J connectivity index is 2.22. The topological polar surface area (TPSA) is 37.4 Å². The molecule has 1 fully saturated rings. The molecule has 0 saturated carbocycles. The van der Waals surface area contributed by atoms with Crippen molar-refractivity contribution in [3.05, 3.63) is 17.0 Å². The molecule has 0 aromatic carbocycles. The van der Waals surface area contributed by atoms with Crippen LogP contribution in [0.15, 0.2) is 16.3 Å². The summed E-state index contributed by atoms with van der Waals surface area (Å²) in [7, 11) is -1.66. The molecule has 1 unspecified atom stereocenters. The lowest BCUT2D eigenvalue weighted by Crippen LogP contribution is -2.36. The van der Waals surface area contributed by atoms with E-state index in [-0.39, 0.29) is 6.04 Å². The molecule has 1 aromatic heterocycles. The van der Waals surface area contributed by atoms with Gasteiger partial charge in [0.2, 0.25) is 0 Å². The third-order valence-corrected chi connectivity index (χ3v) is 7.88. The molecule has 1 aliphatic heterocycles. The van der Waals surface area contributed by atoms with Gasteiger partial charge in [-0.05, 0) is 24.3 Å². The van der Waals surface area contributed by atoms with Gasteiger partial charge < -0.3 is 0 Å². The first kappa shape index (κ1) is 13.7. The van der Waals surface area contributed by atoms with Crippen LogP contribution in [0.5, 0.6) is 0 Å². The van der Waals surface area contributed by atoms with Gasteiger partial charge in [-0.1, -0.05) is 0 Å². The van der Waals surface area contributed by atoms with E-state index in [1.807, 2.05) is 11.8 Å². The average molecular weight is 312 g/mol. The van der Waals surface area contributed by atoms with Crippen LogP contribution in [0.1, 0.15) is 11.3 Å². The Hall–Kier alpha value is 0.250. The molecule has 96 valence electrons. The first-order valence-corrected chi connectivity index (χ1v) is 9.20. The monoisotopic (exact) mass is 311 g/mol. The number of rotatable bonds is 4. The van der Waals surface area contributed by atoms with E-state index < -0.39 is 10.0 Å². The third kappa shape index (κ3) is 2.81. The molecule has 0 bridgehead atoms. The molecule has 0 spiro atoms. The van der Waals surface area contributed by atoms with Gasteiger partial charge in [0, 0.05) is 23.7 Å². The number of nitrogens with zero attached hydrogens (tertiary/aromatic N) is 1. The SMILES string of the molecule is CN(C1CCSC1)S(=O)(=O)c1ccc(CCl)s1. The molecule has 1 aromatic rings. The van der Waals surface area contributed by atoms with E-state index in [2.05, 4.69) is 0 Å². The molecule has 17 heavy (non-hydrogen) atoms. The summed E-state index contributed by atoms with van der Waals surface area (Å²) in [5, 5.41) is 0. The zero-order valence-corrected chi connectivity index (χ0v) is 12.6.